The molecule has 158 valence electrons. The van der Waals surface area contributed by atoms with Crippen molar-refractivity contribution in [3.63, 3.8) is 0 Å². The fraction of sp³-hybridized carbons (Fsp3) is 0.731. The number of carbonyl (C=O) groups is 1. The number of ether oxygens (including phenoxy) is 1. The van der Waals surface area contributed by atoms with Gasteiger partial charge >= 0.3 is 5.97 Å². The van der Waals surface area contributed by atoms with Crippen molar-refractivity contribution in [1.29, 1.82) is 0 Å². The Labute approximate surface area is 175 Å². The predicted octanol–water partition coefficient (Wildman–Crippen LogP) is 6.13. The van der Waals surface area contributed by atoms with Crippen molar-refractivity contribution in [3.8, 4) is 5.75 Å². The molecule has 0 aromatic heterocycles. The number of aromatic hydroxyl groups is 1. The topological polar surface area (TPSA) is 46.5 Å². The highest BCUT2D eigenvalue weighted by Crippen LogP contribution is 2.68. The van der Waals surface area contributed by atoms with E-state index in [1.54, 1.807) is 0 Å². The second-order valence-corrected chi connectivity index (χ2v) is 10.7. The molecule has 5 rings (SSSR count). The number of hydrogen-bond acceptors (Lipinski definition) is 3. The molecule has 1 aromatic rings. The molecule has 1 saturated heterocycles. The third kappa shape index (κ3) is 2.51. The van der Waals surface area contributed by atoms with E-state index in [9.17, 15) is 9.90 Å². The van der Waals surface area contributed by atoms with Gasteiger partial charge in [-0.15, -0.1) is 0 Å². The molecule has 1 heterocycles. The number of hydrogen-bond donors (Lipinski definition) is 1. The van der Waals surface area contributed by atoms with Crippen molar-refractivity contribution in [2.45, 2.75) is 96.5 Å². The van der Waals surface area contributed by atoms with Gasteiger partial charge in [0.25, 0.3) is 0 Å². The van der Waals surface area contributed by atoms with Crippen LogP contribution in [0.1, 0.15) is 95.6 Å². The fourth-order valence-electron chi connectivity index (χ4n) is 8.01. The summed E-state index contributed by atoms with van der Waals surface area (Å²) in [6, 6.07) is 6.02. The molecule has 5 atom stereocenters. The summed E-state index contributed by atoms with van der Waals surface area (Å²) < 4.78 is 6.50. The van der Waals surface area contributed by atoms with Crippen molar-refractivity contribution in [1.82, 2.24) is 0 Å². The van der Waals surface area contributed by atoms with E-state index in [0.717, 1.165) is 44.9 Å². The van der Waals surface area contributed by atoms with Gasteiger partial charge in [-0.2, -0.15) is 0 Å². The summed E-state index contributed by atoms with van der Waals surface area (Å²) in [5, 5.41) is 9.90. The van der Waals surface area contributed by atoms with Gasteiger partial charge in [-0.25, -0.2) is 0 Å². The van der Waals surface area contributed by atoms with Gasteiger partial charge in [0.2, 0.25) is 0 Å². The van der Waals surface area contributed by atoms with Crippen LogP contribution in [0.3, 0.4) is 0 Å². The Morgan fingerprint density at radius 3 is 2.59 bits per heavy atom. The van der Waals surface area contributed by atoms with Crippen LogP contribution in [-0.2, 0) is 16.0 Å². The van der Waals surface area contributed by atoms with Gasteiger partial charge < -0.3 is 9.84 Å². The first-order chi connectivity index (χ1) is 13.9. The Morgan fingerprint density at radius 1 is 1.07 bits per heavy atom. The molecule has 4 unspecified atom stereocenters. The van der Waals surface area contributed by atoms with Crippen molar-refractivity contribution >= 4 is 5.97 Å². The minimum atomic E-state index is -0.247. The average Bonchev–Trinajstić information content (AvgIpc) is 3.00. The van der Waals surface area contributed by atoms with Crippen LogP contribution in [0.4, 0.5) is 0 Å². The zero-order valence-electron chi connectivity index (χ0n) is 18.3. The number of rotatable bonds is 2. The summed E-state index contributed by atoms with van der Waals surface area (Å²) in [4.78, 5) is 13.2. The molecule has 2 saturated carbocycles. The molecule has 3 nitrogen and oxygen atoms in total. The monoisotopic (exact) mass is 396 g/mol. The van der Waals surface area contributed by atoms with Crippen LogP contribution < -0.4 is 0 Å². The Bertz CT molecular complexity index is 825. The summed E-state index contributed by atoms with van der Waals surface area (Å²) in [7, 11) is 0. The number of benzene rings is 1. The van der Waals surface area contributed by atoms with Gasteiger partial charge in [-0.05, 0) is 105 Å². The first-order valence-corrected chi connectivity index (χ1v) is 11.9. The number of fused-ring (bicyclic) bond motifs is 6. The lowest BCUT2D eigenvalue weighted by Gasteiger charge is -2.56. The number of phenolic OH excluding ortho intramolecular Hbond substituents is 1. The van der Waals surface area contributed by atoms with Gasteiger partial charge in [0, 0.05) is 5.41 Å². The van der Waals surface area contributed by atoms with E-state index in [0.29, 0.717) is 23.5 Å². The lowest BCUT2D eigenvalue weighted by Crippen LogP contribution is -2.57. The van der Waals surface area contributed by atoms with Gasteiger partial charge in [-0.3, -0.25) is 4.79 Å². The van der Waals surface area contributed by atoms with Gasteiger partial charge in [0.1, 0.15) is 11.4 Å². The quantitative estimate of drug-likeness (QED) is 0.612. The van der Waals surface area contributed by atoms with Crippen LogP contribution in [0.15, 0.2) is 18.2 Å². The highest BCUT2D eigenvalue weighted by molar-refractivity contribution is 5.78. The summed E-state index contributed by atoms with van der Waals surface area (Å²) in [5.41, 5.74) is 2.46. The molecule has 1 aromatic carbocycles. The third-order valence-electron chi connectivity index (χ3n) is 10.1. The van der Waals surface area contributed by atoms with Crippen LogP contribution in [0, 0.1) is 22.7 Å². The van der Waals surface area contributed by atoms with E-state index in [1.165, 1.54) is 30.4 Å². The molecule has 3 heteroatoms. The van der Waals surface area contributed by atoms with Gasteiger partial charge in [-0.1, -0.05) is 26.8 Å². The maximum absolute atomic E-state index is 13.2. The second-order valence-electron chi connectivity index (χ2n) is 10.7. The number of phenols is 1. The van der Waals surface area contributed by atoms with E-state index in [1.807, 2.05) is 12.1 Å². The number of carbonyl (C=O) groups excluding carboxylic acids is 1. The standard InChI is InChI=1S/C26H36O3/c1-4-25(5-2)14-15-26(29-23(25)28)13-11-22-21-8-6-17-16-18(27)7-9-19(17)20(21)10-12-24(22,26)3/h7,9,16,20-22,27H,4-6,8,10-15H2,1-3H3/t20?,21?,22?,24?,26-/m1/s1. The normalized spacial score (nSPS) is 40.1. The highest BCUT2D eigenvalue weighted by atomic mass is 16.6. The zero-order chi connectivity index (χ0) is 20.4. The minimum absolute atomic E-state index is 0.0854. The Morgan fingerprint density at radius 2 is 1.86 bits per heavy atom. The predicted molar refractivity (Wildman–Crippen MR) is 114 cm³/mol. The first kappa shape index (κ1) is 19.5. The van der Waals surface area contributed by atoms with E-state index in [-0.39, 0.29) is 22.4 Å². The van der Waals surface area contributed by atoms with Crippen LogP contribution in [0.5, 0.6) is 5.75 Å². The largest absolute Gasteiger partial charge is 0.508 e. The van der Waals surface area contributed by atoms with Crippen molar-refractivity contribution in [2.75, 3.05) is 0 Å². The maximum Gasteiger partial charge on any atom is 0.312 e. The van der Waals surface area contributed by atoms with E-state index < -0.39 is 0 Å². The fourth-order valence-corrected chi connectivity index (χ4v) is 8.01. The molecule has 3 aliphatic carbocycles. The van der Waals surface area contributed by atoms with Crippen molar-refractivity contribution in [2.24, 2.45) is 22.7 Å². The second kappa shape index (κ2) is 6.49. The van der Waals surface area contributed by atoms with Gasteiger partial charge in [0.15, 0.2) is 0 Å². The van der Waals surface area contributed by atoms with Gasteiger partial charge in [0.05, 0.1) is 5.41 Å². The summed E-state index contributed by atoms with van der Waals surface area (Å²) in [6.07, 6.45) is 10.7. The molecule has 0 radical (unpaired) electrons. The molecule has 29 heavy (non-hydrogen) atoms. The van der Waals surface area contributed by atoms with Crippen LogP contribution in [-0.4, -0.2) is 16.7 Å². The third-order valence-corrected chi connectivity index (χ3v) is 10.1. The average molecular weight is 397 g/mol. The van der Waals surface area contributed by atoms with Crippen LogP contribution >= 0.6 is 0 Å². The number of aryl methyl sites for hydroxylation is 1. The molecular weight excluding hydrogens is 360 g/mol. The summed E-state index contributed by atoms with van der Waals surface area (Å²) >= 11 is 0. The Hall–Kier alpha value is -1.51. The first-order valence-electron chi connectivity index (χ1n) is 11.9. The summed E-state index contributed by atoms with van der Waals surface area (Å²) in [6.45, 7) is 6.74. The highest BCUT2D eigenvalue weighted by Gasteiger charge is 2.66. The molecule has 1 spiro atoms. The van der Waals surface area contributed by atoms with Crippen LogP contribution in [0.2, 0.25) is 0 Å². The summed E-state index contributed by atoms with van der Waals surface area (Å²) in [5.74, 6) is 2.42. The minimum Gasteiger partial charge on any atom is -0.508 e. The van der Waals surface area contributed by atoms with E-state index in [2.05, 4.69) is 26.8 Å². The lowest BCUT2D eigenvalue weighted by atomic mass is 9.52. The Kier molecular flexibility index (Phi) is 4.35. The van der Waals surface area contributed by atoms with Crippen molar-refractivity contribution in [3.05, 3.63) is 29.3 Å². The SMILES string of the molecule is CCC1(CC)CC[C@@]2(CCC3C4CCc5cc(O)ccc5C4CCC32C)OC1=O. The Balaban J connectivity index is 1.44. The molecule has 1 N–H and O–H groups in total. The molecule has 3 fully saturated rings. The van der Waals surface area contributed by atoms with E-state index in [4.69, 9.17) is 4.74 Å². The maximum atomic E-state index is 13.2. The molecule has 4 aliphatic rings. The lowest BCUT2D eigenvalue weighted by molar-refractivity contribution is -0.209. The molecule has 0 amide bonds. The number of esters is 1. The van der Waals surface area contributed by atoms with Crippen LogP contribution in [0.25, 0.3) is 0 Å². The molecular formula is C26H36O3. The van der Waals surface area contributed by atoms with Crippen molar-refractivity contribution < 1.29 is 14.6 Å². The van der Waals surface area contributed by atoms with E-state index >= 15 is 0 Å². The molecule has 1 aliphatic heterocycles. The zero-order valence-corrected chi connectivity index (χ0v) is 18.3. The molecule has 0 bridgehead atoms. The smallest absolute Gasteiger partial charge is 0.312 e.